The zero-order chi connectivity index (χ0) is 17.6. The molecule has 6 nitrogen and oxygen atoms in total. The lowest BCUT2D eigenvalue weighted by atomic mass is 9.72. The predicted molar refractivity (Wildman–Crippen MR) is 104 cm³/mol. The SMILES string of the molecule is Brc1cnc(NC2=CC[C@@]3(CN4CCC3CC4)N2)nc1-c1cccnc1. The number of fused-ring (bicyclic) bond motifs is 2. The molecule has 2 aromatic heterocycles. The van der Waals surface area contributed by atoms with Crippen molar-refractivity contribution in [2.75, 3.05) is 25.0 Å². The standard InChI is InChI=1S/C19H21BrN6/c20-15-11-22-18(24-17(15)13-2-1-7-21-10-13)23-16-3-6-19(25-16)12-26-8-4-14(19)5-9-26/h1-3,7,10-11,14,25H,4-6,8-9,12H2,(H,22,23,24)/t19-/m0/s1. The second kappa shape index (κ2) is 6.32. The first-order chi connectivity index (χ1) is 12.7. The summed E-state index contributed by atoms with van der Waals surface area (Å²) in [7, 11) is 0. The fourth-order valence-corrected chi connectivity index (χ4v) is 4.95. The largest absolute Gasteiger partial charge is 0.364 e. The highest BCUT2D eigenvalue weighted by molar-refractivity contribution is 9.10. The molecule has 2 N–H and O–H groups in total. The summed E-state index contributed by atoms with van der Waals surface area (Å²) in [6.45, 7) is 3.64. The lowest BCUT2D eigenvalue weighted by molar-refractivity contribution is 0.0189. The average Bonchev–Trinajstić information content (AvgIpc) is 3.07. The minimum absolute atomic E-state index is 0.195. The number of nitrogens with zero attached hydrogens (tertiary/aromatic N) is 4. The second-order valence-corrected chi connectivity index (χ2v) is 8.26. The van der Waals surface area contributed by atoms with Crippen LogP contribution in [0.3, 0.4) is 0 Å². The molecule has 2 bridgehead atoms. The van der Waals surface area contributed by atoms with Crippen molar-refractivity contribution in [1.82, 2.24) is 25.2 Å². The van der Waals surface area contributed by atoms with Crippen LogP contribution in [-0.2, 0) is 0 Å². The van der Waals surface area contributed by atoms with Crippen LogP contribution in [0.5, 0.6) is 0 Å². The Morgan fingerprint density at radius 2 is 2.15 bits per heavy atom. The third-order valence-electron chi connectivity index (χ3n) is 5.85. The van der Waals surface area contributed by atoms with Crippen LogP contribution < -0.4 is 10.6 Å². The summed E-state index contributed by atoms with van der Waals surface area (Å²) >= 11 is 3.54. The van der Waals surface area contributed by atoms with Gasteiger partial charge in [-0.25, -0.2) is 9.97 Å². The van der Waals surface area contributed by atoms with Crippen LogP contribution in [0.25, 0.3) is 11.3 Å². The van der Waals surface area contributed by atoms with Gasteiger partial charge in [-0.2, -0.15) is 0 Å². The first-order valence-corrected chi connectivity index (χ1v) is 9.92. The molecule has 1 atom stereocenters. The number of rotatable bonds is 3. The van der Waals surface area contributed by atoms with Gasteiger partial charge in [-0.3, -0.25) is 4.98 Å². The lowest BCUT2D eigenvalue weighted by Crippen LogP contribution is -2.64. The van der Waals surface area contributed by atoms with E-state index in [1.54, 1.807) is 12.4 Å². The summed E-state index contributed by atoms with van der Waals surface area (Å²) in [5.74, 6) is 2.39. The zero-order valence-electron chi connectivity index (χ0n) is 14.5. The highest BCUT2D eigenvalue weighted by Crippen LogP contribution is 2.41. The minimum Gasteiger partial charge on any atom is -0.364 e. The van der Waals surface area contributed by atoms with Crippen molar-refractivity contribution >= 4 is 21.9 Å². The molecule has 1 spiro atoms. The highest BCUT2D eigenvalue weighted by atomic mass is 79.9. The van der Waals surface area contributed by atoms with E-state index >= 15 is 0 Å². The van der Waals surface area contributed by atoms with E-state index in [2.05, 4.69) is 52.5 Å². The minimum atomic E-state index is 0.195. The topological polar surface area (TPSA) is 66.0 Å². The van der Waals surface area contributed by atoms with Gasteiger partial charge in [0.1, 0.15) is 5.82 Å². The molecule has 0 saturated carbocycles. The number of nitrogens with one attached hydrogen (secondary N) is 2. The molecular weight excluding hydrogens is 392 g/mol. The van der Waals surface area contributed by atoms with Gasteiger partial charge in [0.2, 0.25) is 5.95 Å². The molecule has 0 amide bonds. The summed E-state index contributed by atoms with van der Waals surface area (Å²) < 4.78 is 0.860. The third-order valence-corrected chi connectivity index (χ3v) is 6.43. The molecule has 7 heteroatoms. The van der Waals surface area contributed by atoms with Crippen molar-refractivity contribution in [2.45, 2.75) is 24.8 Å². The molecule has 0 radical (unpaired) electrons. The Morgan fingerprint density at radius 3 is 2.88 bits per heavy atom. The van der Waals surface area contributed by atoms with Gasteiger partial charge in [0.05, 0.1) is 15.7 Å². The van der Waals surface area contributed by atoms with E-state index < -0.39 is 0 Å². The first-order valence-electron chi connectivity index (χ1n) is 9.12. The molecule has 6 rings (SSSR count). The quantitative estimate of drug-likeness (QED) is 0.807. The van der Waals surface area contributed by atoms with Gasteiger partial charge < -0.3 is 15.5 Å². The maximum atomic E-state index is 4.69. The maximum Gasteiger partial charge on any atom is 0.228 e. The molecular formula is C19H21BrN6. The van der Waals surface area contributed by atoms with Crippen molar-refractivity contribution in [1.29, 1.82) is 0 Å². The van der Waals surface area contributed by atoms with E-state index in [-0.39, 0.29) is 5.54 Å². The number of aromatic nitrogens is 3. The van der Waals surface area contributed by atoms with Crippen LogP contribution in [0, 0.1) is 5.92 Å². The fraction of sp³-hybridized carbons (Fsp3) is 0.421. The van der Waals surface area contributed by atoms with Crippen LogP contribution in [0.1, 0.15) is 19.3 Å². The first kappa shape index (κ1) is 16.2. The summed E-state index contributed by atoms with van der Waals surface area (Å²) in [6, 6.07) is 3.91. The van der Waals surface area contributed by atoms with Gasteiger partial charge in [-0.05, 0) is 72.4 Å². The number of anilines is 1. The molecule has 3 saturated heterocycles. The molecule has 0 unspecified atom stereocenters. The van der Waals surface area contributed by atoms with E-state index in [9.17, 15) is 0 Å². The number of pyridine rings is 1. The summed E-state index contributed by atoms with van der Waals surface area (Å²) in [5, 5.41) is 7.14. The van der Waals surface area contributed by atoms with Crippen molar-refractivity contribution < 1.29 is 0 Å². The van der Waals surface area contributed by atoms with E-state index in [0.29, 0.717) is 5.95 Å². The second-order valence-electron chi connectivity index (χ2n) is 7.41. The Bertz CT molecular complexity index is 846. The van der Waals surface area contributed by atoms with Gasteiger partial charge in [-0.15, -0.1) is 0 Å². The highest BCUT2D eigenvalue weighted by Gasteiger charge is 2.48. The molecule has 4 aliphatic rings. The van der Waals surface area contributed by atoms with E-state index in [0.717, 1.165) is 40.4 Å². The van der Waals surface area contributed by atoms with E-state index in [4.69, 9.17) is 0 Å². The normalized spacial score (nSPS) is 29.5. The van der Waals surface area contributed by atoms with E-state index in [1.165, 1.54) is 25.9 Å². The van der Waals surface area contributed by atoms with Crippen LogP contribution in [-0.4, -0.2) is 45.0 Å². The maximum absolute atomic E-state index is 4.69. The Morgan fingerprint density at radius 1 is 1.27 bits per heavy atom. The summed E-state index contributed by atoms with van der Waals surface area (Å²) in [5.41, 5.74) is 2.00. The number of hydrogen-bond donors (Lipinski definition) is 2. The smallest absolute Gasteiger partial charge is 0.228 e. The number of hydrogen-bond acceptors (Lipinski definition) is 6. The molecule has 0 aliphatic carbocycles. The molecule has 0 aromatic carbocycles. The van der Waals surface area contributed by atoms with Gasteiger partial charge in [0.25, 0.3) is 0 Å². The molecule has 6 heterocycles. The van der Waals surface area contributed by atoms with Gasteiger partial charge in [-0.1, -0.05) is 0 Å². The molecule has 3 fully saturated rings. The van der Waals surface area contributed by atoms with Crippen LogP contribution in [0.15, 0.2) is 47.1 Å². The lowest BCUT2D eigenvalue weighted by Gasteiger charge is -2.52. The number of halogens is 1. The van der Waals surface area contributed by atoms with E-state index in [1.807, 2.05) is 18.3 Å². The van der Waals surface area contributed by atoms with Crippen LogP contribution >= 0.6 is 15.9 Å². The zero-order valence-corrected chi connectivity index (χ0v) is 16.0. The van der Waals surface area contributed by atoms with Crippen molar-refractivity contribution in [2.24, 2.45) is 5.92 Å². The Kier molecular flexibility index (Phi) is 3.94. The summed E-state index contributed by atoms with van der Waals surface area (Å²) in [4.78, 5) is 15.9. The monoisotopic (exact) mass is 412 g/mol. The van der Waals surface area contributed by atoms with Crippen LogP contribution in [0.2, 0.25) is 0 Å². The fourth-order valence-electron chi connectivity index (χ4n) is 4.53. The predicted octanol–water partition coefficient (Wildman–Crippen LogP) is 3.01. The molecule has 26 heavy (non-hydrogen) atoms. The summed E-state index contributed by atoms with van der Waals surface area (Å²) in [6.07, 6.45) is 11.3. The molecule has 4 aliphatic heterocycles. The Labute approximate surface area is 161 Å². The van der Waals surface area contributed by atoms with Crippen molar-refractivity contribution in [3.63, 3.8) is 0 Å². The van der Waals surface area contributed by atoms with Crippen LogP contribution in [0.4, 0.5) is 5.95 Å². The van der Waals surface area contributed by atoms with Crippen molar-refractivity contribution in [3.8, 4) is 11.3 Å². The van der Waals surface area contributed by atoms with Gasteiger partial charge in [0, 0.05) is 30.7 Å². The molecule has 2 aromatic rings. The Balaban J connectivity index is 1.35. The van der Waals surface area contributed by atoms with Gasteiger partial charge >= 0.3 is 0 Å². The van der Waals surface area contributed by atoms with Crippen molar-refractivity contribution in [3.05, 3.63) is 47.1 Å². The number of piperidine rings is 3. The Hall–Kier alpha value is -1.99. The average molecular weight is 413 g/mol. The van der Waals surface area contributed by atoms with Gasteiger partial charge in [0.15, 0.2) is 0 Å². The third kappa shape index (κ3) is 2.79. The molecule has 134 valence electrons.